The van der Waals surface area contributed by atoms with E-state index in [-0.39, 0.29) is 5.91 Å². The van der Waals surface area contributed by atoms with E-state index < -0.39 is 0 Å². The average Bonchev–Trinajstić information content (AvgIpc) is 3.01. The lowest BCUT2D eigenvalue weighted by atomic mass is 9.99. The molecule has 5 rings (SSSR count). The van der Waals surface area contributed by atoms with E-state index in [1.165, 1.54) is 5.56 Å². The first-order chi connectivity index (χ1) is 15.4. The van der Waals surface area contributed by atoms with Crippen LogP contribution in [-0.2, 0) is 6.54 Å². The van der Waals surface area contributed by atoms with E-state index in [0.717, 1.165) is 56.0 Å². The Hall–Kier alpha value is -3.60. The second kappa shape index (κ2) is 7.83. The van der Waals surface area contributed by atoms with Crippen molar-refractivity contribution in [3.05, 3.63) is 82.2 Å². The topological polar surface area (TPSA) is 58.2 Å². The van der Waals surface area contributed by atoms with Gasteiger partial charge >= 0.3 is 0 Å². The Kier molecular flexibility index (Phi) is 4.97. The zero-order valence-electron chi connectivity index (χ0n) is 19.0. The summed E-state index contributed by atoms with van der Waals surface area (Å²) in [6, 6.07) is 16.6. The van der Waals surface area contributed by atoms with E-state index in [1.54, 1.807) is 0 Å². The lowest BCUT2D eigenvalue weighted by Crippen LogP contribution is -2.33. The van der Waals surface area contributed by atoms with Gasteiger partial charge in [0.1, 0.15) is 18.2 Å². The maximum atomic E-state index is 13.4. The molecule has 4 aromatic rings. The molecule has 0 saturated heterocycles. The Balaban J connectivity index is 1.48. The number of H-pyrrole nitrogens is 1. The molecule has 5 nitrogen and oxygen atoms in total. The van der Waals surface area contributed by atoms with Crippen molar-refractivity contribution in [3.8, 4) is 16.9 Å². The van der Waals surface area contributed by atoms with E-state index in [9.17, 15) is 4.79 Å². The van der Waals surface area contributed by atoms with Crippen molar-refractivity contribution in [2.45, 2.75) is 34.2 Å². The normalized spacial score (nSPS) is 13.6. The summed E-state index contributed by atoms with van der Waals surface area (Å²) in [5.41, 5.74) is 9.34. The molecule has 0 saturated carbocycles. The molecule has 162 valence electrons. The maximum absolute atomic E-state index is 13.4. The van der Waals surface area contributed by atoms with Gasteiger partial charge in [0.05, 0.1) is 17.6 Å². The molecule has 0 bridgehead atoms. The third kappa shape index (κ3) is 3.64. The molecule has 1 aliphatic rings. The quantitative estimate of drug-likeness (QED) is 0.461. The van der Waals surface area contributed by atoms with Crippen molar-refractivity contribution in [1.29, 1.82) is 0 Å². The van der Waals surface area contributed by atoms with Gasteiger partial charge in [0, 0.05) is 17.7 Å². The molecule has 0 unspecified atom stereocenters. The highest BCUT2D eigenvalue weighted by atomic mass is 16.5. The third-order valence-corrected chi connectivity index (χ3v) is 6.33. The molecule has 5 heteroatoms. The lowest BCUT2D eigenvalue weighted by molar-refractivity contribution is 0.0732. The van der Waals surface area contributed by atoms with Crippen molar-refractivity contribution >= 4 is 16.9 Å². The highest BCUT2D eigenvalue weighted by Crippen LogP contribution is 2.31. The number of nitrogens with one attached hydrogen (secondary N) is 1. The molecular formula is C27H27N3O2. The first-order valence-corrected chi connectivity index (χ1v) is 11.0. The molecule has 1 aliphatic heterocycles. The number of fused-ring (bicyclic) bond motifs is 2. The summed E-state index contributed by atoms with van der Waals surface area (Å²) < 4.78 is 5.99. The number of imidazole rings is 1. The third-order valence-electron chi connectivity index (χ3n) is 6.33. The van der Waals surface area contributed by atoms with E-state index >= 15 is 0 Å². The predicted octanol–water partition coefficient (Wildman–Crippen LogP) is 5.50. The van der Waals surface area contributed by atoms with Crippen LogP contribution in [0.3, 0.4) is 0 Å². The van der Waals surface area contributed by atoms with Gasteiger partial charge in [-0.3, -0.25) is 4.79 Å². The number of ether oxygens (including phenoxy) is 1. The molecule has 0 fully saturated rings. The summed E-state index contributed by atoms with van der Waals surface area (Å²) in [7, 11) is 0. The Labute approximate surface area is 188 Å². The number of hydrogen-bond acceptors (Lipinski definition) is 3. The number of aromatic amines is 1. The van der Waals surface area contributed by atoms with Gasteiger partial charge in [-0.05, 0) is 85.8 Å². The SMILES string of the molecule is Cc1nc2ccc(-c3ccc4c(c3)CN(C(=O)c3cc(C)c(C)cc3C)CCO4)cc2[nH]1. The fourth-order valence-electron chi connectivity index (χ4n) is 4.43. The fraction of sp³-hybridized carbons (Fsp3) is 0.259. The minimum Gasteiger partial charge on any atom is -0.491 e. The Morgan fingerprint density at radius 3 is 2.53 bits per heavy atom. The highest BCUT2D eigenvalue weighted by molar-refractivity contribution is 5.96. The molecule has 32 heavy (non-hydrogen) atoms. The standard InChI is InChI=1S/C27H27N3O2/c1-16-11-18(3)23(12-17(16)2)27(31)30-9-10-32-26-8-6-20(13-22(26)15-30)21-5-7-24-25(14-21)29-19(4)28-24/h5-8,11-14H,9-10,15H2,1-4H3,(H,28,29). The molecule has 1 aromatic heterocycles. The number of hydrogen-bond donors (Lipinski definition) is 1. The molecular weight excluding hydrogens is 398 g/mol. The van der Waals surface area contributed by atoms with Gasteiger partial charge < -0.3 is 14.6 Å². The van der Waals surface area contributed by atoms with Gasteiger partial charge in [0.15, 0.2) is 0 Å². The van der Waals surface area contributed by atoms with Gasteiger partial charge in [-0.2, -0.15) is 0 Å². The smallest absolute Gasteiger partial charge is 0.254 e. The molecule has 1 N–H and O–H groups in total. The number of rotatable bonds is 2. The lowest BCUT2D eigenvalue weighted by Gasteiger charge is -2.22. The van der Waals surface area contributed by atoms with Crippen molar-refractivity contribution in [2.75, 3.05) is 13.2 Å². The van der Waals surface area contributed by atoms with Crippen LogP contribution in [-0.4, -0.2) is 33.9 Å². The van der Waals surface area contributed by atoms with Crippen LogP contribution in [0, 0.1) is 27.7 Å². The zero-order chi connectivity index (χ0) is 22.4. The summed E-state index contributed by atoms with van der Waals surface area (Å²) in [4.78, 5) is 23.1. The predicted molar refractivity (Wildman–Crippen MR) is 127 cm³/mol. The summed E-state index contributed by atoms with van der Waals surface area (Å²) in [6.45, 7) is 9.68. The zero-order valence-corrected chi connectivity index (χ0v) is 19.0. The number of amides is 1. The summed E-state index contributed by atoms with van der Waals surface area (Å²) in [6.07, 6.45) is 0. The highest BCUT2D eigenvalue weighted by Gasteiger charge is 2.23. The number of benzene rings is 3. The summed E-state index contributed by atoms with van der Waals surface area (Å²) >= 11 is 0. The second-order valence-electron chi connectivity index (χ2n) is 8.70. The van der Waals surface area contributed by atoms with Gasteiger partial charge in [0.25, 0.3) is 5.91 Å². The first kappa shape index (κ1) is 20.3. The largest absolute Gasteiger partial charge is 0.491 e. The minimum absolute atomic E-state index is 0.0572. The van der Waals surface area contributed by atoms with E-state index in [2.05, 4.69) is 54.1 Å². The molecule has 0 aliphatic carbocycles. The van der Waals surface area contributed by atoms with Crippen molar-refractivity contribution in [2.24, 2.45) is 0 Å². The summed E-state index contributed by atoms with van der Waals surface area (Å²) in [5, 5.41) is 0. The van der Waals surface area contributed by atoms with Gasteiger partial charge in [0.2, 0.25) is 0 Å². The molecule has 2 heterocycles. The van der Waals surface area contributed by atoms with Crippen molar-refractivity contribution in [3.63, 3.8) is 0 Å². The average molecular weight is 426 g/mol. The van der Waals surface area contributed by atoms with Crippen molar-refractivity contribution in [1.82, 2.24) is 14.9 Å². The van der Waals surface area contributed by atoms with Crippen LogP contribution in [0.5, 0.6) is 5.75 Å². The monoisotopic (exact) mass is 425 g/mol. The molecule has 0 spiro atoms. The van der Waals surface area contributed by atoms with Crippen LogP contribution in [0.15, 0.2) is 48.5 Å². The maximum Gasteiger partial charge on any atom is 0.254 e. The molecule has 1 amide bonds. The van der Waals surface area contributed by atoms with Crippen LogP contribution >= 0.6 is 0 Å². The summed E-state index contributed by atoms with van der Waals surface area (Å²) in [5.74, 6) is 1.81. The van der Waals surface area contributed by atoms with Crippen LogP contribution in [0.2, 0.25) is 0 Å². The molecule has 0 atom stereocenters. The number of nitrogens with zero attached hydrogens (tertiary/aromatic N) is 2. The van der Waals surface area contributed by atoms with Gasteiger partial charge in [-0.25, -0.2) is 4.98 Å². The van der Waals surface area contributed by atoms with Crippen LogP contribution < -0.4 is 4.74 Å². The Morgan fingerprint density at radius 1 is 0.938 bits per heavy atom. The van der Waals surface area contributed by atoms with E-state index in [0.29, 0.717) is 19.7 Å². The van der Waals surface area contributed by atoms with Gasteiger partial charge in [-0.1, -0.05) is 18.2 Å². The number of carbonyl (C=O) groups excluding carboxylic acids is 1. The van der Waals surface area contributed by atoms with Crippen LogP contribution in [0.25, 0.3) is 22.2 Å². The van der Waals surface area contributed by atoms with Crippen molar-refractivity contribution < 1.29 is 9.53 Å². The van der Waals surface area contributed by atoms with E-state index in [4.69, 9.17) is 4.74 Å². The number of aryl methyl sites for hydroxylation is 4. The fourth-order valence-corrected chi connectivity index (χ4v) is 4.43. The molecule has 0 radical (unpaired) electrons. The minimum atomic E-state index is 0.0572. The molecule has 3 aromatic carbocycles. The van der Waals surface area contributed by atoms with E-state index in [1.807, 2.05) is 36.9 Å². The van der Waals surface area contributed by atoms with Crippen LogP contribution in [0.4, 0.5) is 0 Å². The van der Waals surface area contributed by atoms with Crippen LogP contribution in [0.1, 0.15) is 38.4 Å². The second-order valence-corrected chi connectivity index (χ2v) is 8.70. The Bertz CT molecular complexity index is 1350. The Morgan fingerprint density at radius 2 is 1.69 bits per heavy atom. The number of carbonyl (C=O) groups is 1. The number of aromatic nitrogens is 2. The van der Waals surface area contributed by atoms with Gasteiger partial charge in [-0.15, -0.1) is 0 Å². The first-order valence-electron chi connectivity index (χ1n) is 11.0.